The molecule has 1 heterocycles. The van der Waals surface area contributed by atoms with E-state index in [1.165, 1.54) is 24.3 Å². The average Bonchev–Trinajstić information content (AvgIpc) is 3.11. The quantitative estimate of drug-likeness (QED) is 0.808. The van der Waals surface area contributed by atoms with Crippen LogP contribution < -0.4 is 0 Å². The molecular weight excluding hydrogens is 254 g/mol. The van der Waals surface area contributed by atoms with Crippen LogP contribution in [0.1, 0.15) is 43.6 Å². The molecule has 2 nitrogen and oxygen atoms in total. The molecule has 1 aromatic heterocycles. The van der Waals surface area contributed by atoms with E-state index >= 15 is 0 Å². The van der Waals surface area contributed by atoms with Gasteiger partial charge in [0.1, 0.15) is 0 Å². The van der Waals surface area contributed by atoms with Gasteiger partial charge in [0.25, 0.3) is 0 Å². The minimum Gasteiger partial charge on any atom is -0.395 e. The molecule has 0 radical (unpaired) electrons. The monoisotopic (exact) mass is 277 g/mol. The smallest absolute Gasteiger partial charge is 0.0540 e. The fourth-order valence-electron chi connectivity index (χ4n) is 2.20. The van der Waals surface area contributed by atoms with E-state index in [4.69, 9.17) is 5.11 Å². The van der Waals surface area contributed by atoms with Gasteiger partial charge >= 0.3 is 0 Å². The van der Waals surface area contributed by atoms with Crippen LogP contribution in [0, 0.1) is 17.8 Å². The number of hydrogen-bond acceptors (Lipinski definition) is 3. The van der Waals surface area contributed by atoms with Gasteiger partial charge in [0.15, 0.2) is 0 Å². The van der Waals surface area contributed by atoms with E-state index < -0.39 is 0 Å². The second kappa shape index (κ2) is 7.09. The molecule has 3 heteroatoms. The first-order valence-electron chi connectivity index (χ1n) is 7.10. The van der Waals surface area contributed by atoms with Gasteiger partial charge in [-0.15, -0.1) is 11.3 Å². The maximum absolute atomic E-state index is 8.71. The van der Waals surface area contributed by atoms with Crippen LogP contribution in [0.3, 0.4) is 0 Å². The largest absolute Gasteiger partial charge is 0.395 e. The molecule has 0 aliphatic heterocycles. The summed E-state index contributed by atoms with van der Waals surface area (Å²) >= 11 is 1.80. The van der Waals surface area contributed by atoms with Crippen LogP contribution in [0.15, 0.2) is 11.4 Å². The normalized spacial score (nSPS) is 14.8. The fourth-order valence-corrected chi connectivity index (χ4v) is 3.04. The summed E-state index contributed by atoms with van der Waals surface area (Å²) < 4.78 is 0. The highest BCUT2D eigenvalue weighted by Gasteiger charge is 2.29. The van der Waals surface area contributed by atoms with Gasteiger partial charge in [-0.1, -0.05) is 25.7 Å². The van der Waals surface area contributed by atoms with E-state index in [0.717, 1.165) is 24.1 Å². The first-order valence-corrected chi connectivity index (χ1v) is 7.98. The molecule has 0 aromatic carbocycles. The summed E-state index contributed by atoms with van der Waals surface area (Å²) in [7, 11) is 0. The molecule has 2 rings (SSSR count). The third kappa shape index (κ3) is 4.99. The first-order chi connectivity index (χ1) is 9.19. The Balaban J connectivity index is 1.92. The third-order valence-electron chi connectivity index (χ3n) is 3.15. The molecule has 104 valence electrons. The Kier molecular flexibility index (Phi) is 5.45. The molecule has 0 spiro atoms. The maximum Gasteiger partial charge on any atom is 0.0540 e. The zero-order valence-electron chi connectivity index (χ0n) is 11.9. The van der Waals surface area contributed by atoms with Gasteiger partial charge in [-0.05, 0) is 24.8 Å². The molecule has 1 N–H and O–H groups in total. The number of thiophene rings is 1. The van der Waals surface area contributed by atoms with E-state index in [0.29, 0.717) is 6.42 Å². The topological polar surface area (TPSA) is 23.5 Å². The molecule has 0 saturated heterocycles. The maximum atomic E-state index is 8.71. The molecule has 0 amide bonds. The Hall–Kier alpha value is -0.820. The Labute approximate surface area is 120 Å². The molecule has 0 bridgehead atoms. The van der Waals surface area contributed by atoms with Crippen molar-refractivity contribution in [3.05, 3.63) is 21.9 Å². The molecule has 0 atom stereocenters. The van der Waals surface area contributed by atoms with Gasteiger partial charge in [0, 0.05) is 41.4 Å². The molecule has 19 heavy (non-hydrogen) atoms. The SMILES string of the molecule is CC(C)CN(Cc1cc(C#CCCO)cs1)C1CC1. The molecule has 1 aliphatic rings. The average molecular weight is 277 g/mol. The lowest BCUT2D eigenvalue weighted by molar-refractivity contribution is 0.228. The molecule has 1 aromatic rings. The van der Waals surface area contributed by atoms with Crippen molar-refractivity contribution in [1.82, 2.24) is 4.90 Å². The summed E-state index contributed by atoms with van der Waals surface area (Å²) in [6.45, 7) is 6.97. The molecular formula is C16H23NOS. The standard InChI is InChI=1S/C16H23NOS/c1-13(2)10-17(15-6-7-15)11-16-9-14(12-19-16)5-3-4-8-18/h9,12-13,15,18H,4,6-8,10-11H2,1-2H3. The van der Waals surface area contributed by atoms with E-state index in [1.807, 2.05) is 0 Å². The summed E-state index contributed by atoms with van der Waals surface area (Å²) in [5, 5.41) is 10.8. The molecule has 0 unspecified atom stereocenters. The predicted octanol–water partition coefficient (Wildman–Crippen LogP) is 3.10. The van der Waals surface area contributed by atoms with Gasteiger partial charge in [-0.25, -0.2) is 0 Å². The zero-order valence-corrected chi connectivity index (χ0v) is 12.7. The third-order valence-corrected chi connectivity index (χ3v) is 4.07. The van der Waals surface area contributed by atoms with Crippen LogP contribution in [0.2, 0.25) is 0 Å². The van der Waals surface area contributed by atoms with Crippen LogP contribution in [0.4, 0.5) is 0 Å². The number of nitrogens with zero attached hydrogens (tertiary/aromatic N) is 1. The Bertz CT molecular complexity index is 451. The van der Waals surface area contributed by atoms with Gasteiger partial charge in [0.05, 0.1) is 6.61 Å². The highest BCUT2D eigenvalue weighted by Crippen LogP contribution is 2.30. The van der Waals surface area contributed by atoms with Crippen molar-refractivity contribution in [3.63, 3.8) is 0 Å². The van der Waals surface area contributed by atoms with Gasteiger partial charge in [0.2, 0.25) is 0 Å². The number of aliphatic hydroxyl groups excluding tert-OH is 1. The van der Waals surface area contributed by atoms with E-state index in [9.17, 15) is 0 Å². The van der Waals surface area contributed by atoms with Crippen molar-refractivity contribution >= 4 is 11.3 Å². The fraction of sp³-hybridized carbons (Fsp3) is 0.625. The second-order valence-corrected chi connectivity index (χ2v) is 6.63. The minimum atomic E-state index is 0.147. The van der Waals surface area contributed by atoms with E-state index in [2.05, 4.69) is 42.0 Å². The van der Waals surface area contributed by atoms with Crippen molar-refractivity contribution in [2.75, 3.05) is 13.2 Å². The van der Waals surface area contributed by atoms with Crippen molar-refractivity contribution < 1.29 is 5.11 Å². The molecule has 1 aliphatic carbocycles. The minimum absolute atomic E-state index is 0.147. The summed E-state index contributed by atoms with van der Waals surface area (Å²) in [5.74, 6) is 6.81. The number of aliphatic hydroxyl groups is 1. The molecule has 1 saturated carbocycles. The summed E-state index contributed by atoms with van der Waals surface area (Å²) in [4.78, 5) is 4.02. The van der Waals surface area contributed by atoms with Crippen molar-refractivity contribution in [2.45, 2.75) is 45.7 Å². The lowest BCUT2D eigenvalue weighted by atomic mass is 10.2. The van der Waals surface area contributed by atoms with Crippen LogP contribution in [0.5, 0.6) is 0 Å². The summed E-state index contributed by atoms with van der Waals surface area (Å²) in [6, 6.07) is 3.01. The Morgan fingerprint density at radius 2 is 2.26 bits per heavy atom. The number of rotatable bonds is 6. The molecule has 1 fully saturated rings. The van der Waals surface area contributed by atoms with Crippen molar-refractivity contribution in [1.29, 1.82) is 0 Å². The lowest BCUT2D eigenvalue weighted by Gasteiger charge is -2.23. The highest BCUT2D eigenvalue weighted by molar-refractivity contribution is 7.10. The van der Waals surface area contributed by atoms with Crippen LogP contribution >= 0.6 is 11.3 Å². The second-order valence-electron chi connectivity index (χ2n) is 5.63. The van der Waals surface area contributed by atoms with E-state index in [-0.39, 0.29) is 6.61 Å². The lowest BCUT2D eigenvalue weighted by Crippen LogP contribution is -2.29. The van der Waals surface area contributed by atoms with Crippen LogP contribution in [0.25, 0.3) is 0 Å². The summed E-state index contributed by atoms with van der Waals surface area (Å²) in [5.41, 5.74) is 1.09. The highest BCUT2D eigenvalue weighted by atomic mass is 32.1. The van der Waals surface area contributed by atoms with Gasteiger partial charge < -0.3 is 5.11 Å². The summed E-state index contributed by atoms with van der Waals surface area (Å²) in [6.07, 6.45) is 3.29. The van der Waals surface area contributed by atoms with Crippen molar-refractivity contribution in [2.24, 2.45) is 5.92 Å². The zero-order chi connectivity index (χ0) is 13.7. The first kappa shape index (κ1) is 14.6. The Morgan fingerprint density at radius 3 is 2.89 bits per heavy atom. The van der Waals surface area contributed by atoms with Gasteiger partial charge in [-0.2, -0.15) is 0 Å². The van der Waals surface area contributed by atoms with Gasteiger partial charge in [-0.3, -0.25) is 4.90 Å². The van der Waals surface area contributed by atoms with Crippen LogP contribution in [-0.2, 0) is 6.54 Å². The van der Waals surface area contributed by atoms with Crippen molar-refractivity contribution in [3.8, 4) is 11.8 Å². The number of hydrogen-bond donors (Lipinski definition) is 1. The van der Waals surface area contributed by atoms with E-state index in [1.54, 1.807) is 11.3 Å². The predicted molar refractivity (Wildman–Crippen MR) is 81.2 cm³/mol. The Morgan fingerprint density at radius 1 is 1.47 bits per heavy atom. The van der Waals surface area contributed by atoms with Crippen LogP contribution in [-0.4, -0.2) is 29.2 Å².